The molecule has 2 heterocycles. The zero-order valence-electron chi connectivity index (χ0n) is 17.5. The summed E-state index contributed by atoms with van der Waals surface area (Å²) in [5.74, 6) is 0.730. The number of amides is 1. The highest BCUT2D eigenvalue weighted by Gasteiger charge is 2.22. The first-order valence-electron chi connectivity index (χ1n) is 10.2. The van der Waals surface area contributed by atoms with E-state index in [1.807, 2.05) is 60.8 Å². The number of hydrogen-bond acceptors (Lipinski definition) is 6. The molecule has 3 aromatic rings. The molecule has 1 saturated heterocycles. The summed E-state index contributed by atoms with van der Waals surface area (Å²) >= 11 is 0. The molecule has 2 atom stereocenters. The second-order valence-electron chi connectivity index (χ2n) is 7.13. The van der Waals surface area contributed by atoms with Gasteiger partial charge in [0, 0.05) is 11.6 Å². The van der Waals surface area contributed by atoms with Gasteiger partial charge in [-0.3, -0.25) is 14.8 Å². The number of pyridine rings is 1. The lowest BCUT2D eigenvalue weighted by molar-refractivity contribution is -0.116. The van der Waals surface area contributed by atoms with E-state index >= 15 is 0 Å². The van der Waals surface area contributed by atoms with Gasteiger partial charge >= 0.3 is 0 Å². The molecule has 0 aliphatic carbocycles. The Labute approximate surface area is 188 Å². The third kappa shape index (κ3) is 4.69. The number of benzene rings is 2. The van der Waals surface area contributed by atoms with Gasteiger partial charge < -0.3 is 15.2 Å². The molecule has 2 N–H and O–H groups in total. The van der Waals surface area contributed by atoms with Crippen molar-refractivity contribution >= 4 is 37.8 Å². The Hall–Kier alpha value is -3.54. The maximum absolute atomic E-state index is 12.1. The first-order chi connectivity index (χ1) is 15.6. The highest BCUT2D eigenvalue weighted by Crippen LogP contribution is 2.30. The van der Waals surface area contributed by atoms with Crippen LogP contribution in [0.15, 0.2) is 59.7 Å². The molecule has 1 aliphatic heterocycles. The molecule has 1 amide bonds. The Balaban J connectivity index is 1.66. The summed E-state index contributed by atoms with van der Waals surface area (Å²) in [6, 6.07) is 17.1. The molecule has 2 aromatic carbocycles. The monoisotopic (exact) mass is 446 g/mol. The van der Waals surface area contributed by atoms with E-state index in [9.17, 15) is 15.2 Å². The van der Waals surface area contributed by atoms with Gasteiger partial charge in [0.2, 0.25) is 5.91 Å². The number of amidine groups is 1. The van der Waals surface area contributed by atoms with Gasteiger partial charge in [-0.25, -0.2) is 0 Å². The van der Waals surface area contributed by atoms with Crippen LogP contribution in [-0.2, 0) is 4.79 Å². The number of hydrogen-bond donors (Lipinski definition) is 2. The van der Waals surface area contributed by atoms with Gasteiger partial charge in [-0.1, -0.05) is 36.4 Å². The quantitative estimate of drug-likeness (QED) is 0.566. The van der Waals surface area contributed by atoms with Crippen molar-refractivity contribution in [3.8, 4) is 11.8 Å². The number of fused-ring (bicyclic) bond motifs is 1. The fourth-order valence-electron chi connectivity index (χ4n) is 3.40. The van der Waals surface area contributed by atoms with Crippen molar-refractivity contribution in [2.24, 2.45) is 4.99 Å². The van der Waals surface area contributed by atoms with Gasteiger partial charge in [0.1, 0.15) is 17.4 Å². The molecule has 7 nitrogen and oxygen atoms in total. The number of aromatic nitrogens is 1. The fraction of sp³-hybridized carbons (Fsp3) is 0.208. The molecule has 1 unspecified atom stereocenters. The number of aliphatic hydroxyl groups is 1. The maximum atomic E-state index is 12.1. The summed E-state index contributed by atoms with van der Waals surface area (Å²) in [5, 5.41) is 25.9. The summed E-state index contributed by atoms with van der Waals surface area (Å²) in [6.07, 6.45) is 0.775. The second kappa shape index (κ2) is 9.73. The van der Waals surface area contributed by atoms with Crippen LogP contribution in [0.1, 0.15) is 29.7 Å². The van der Waals surface area contributed by atoms with Gasteiger partial charge in [0.25, 0.3) is 0 Å². The fourth-order valence-corrected chi connectivity index (χ4v) is 5.05. The normalized spacial score (nSPS) is 18.0. The lowest BCUT2D eigenvalue weighted by Gasteiger charge is -2.10. The highest BCUT2D eigenvalue weighted by molar-refractivity contribution is 8.29. The largest absolute Gasteiger partial charge is 0.492 e. The molecule has 32 heavy (non-hydrogen) atoms. The topological polar surface area (TPSA) is 108 Å². The summed E-state index contributed by atoms with van der Waals surface area (Å²) < 4.78 is 5.72. The molecule has 8 heteroatoms. The minimum atomic E-state index is -0.739. The number of nitrogens with one attached hydrogen (secondary N) is 1. The number of aliphatic hydroxyl groups excluding tert-OH is 1. The van der Waals surface area contributed by atoms with Crippen LogP contribution in [0.5, 0.6) is 5.75 Å². The molecule has 1 aromatic heterocycles. The molecule has 4 rings (SSSR count). The predicted octanol–water partition coefficient (Wildman–Crippen LogP) is 3.14. The first kappa shape index (κ1) is 21.7. The zero-order valence-corrected chi connectivity index (χ0v) is 18.3. The molecule has 1 fully saturated rings. The number of carbonyl (C=O) groups is 1. The first-order valence-corrected chi connectivity index (χ1v) is 11.6. The van der Waals surface area contributed by atoms with Gasteiger partial charge in [0.05, 0.1) is 30.5 Å². The number of nitrogens with zero attached hydrogens (tertiary/aromatic N) is 3. The molecular weight excluding hydrogens is 424 g/mol. The van der Waals surface area contributed by atoms with E-state index in [0.717, 1.165) is 22.0 Å². The maximum Gasteiger partial charge on any atom is 0.235 e. The molecule has 162 valence electrons. The third-order valence-corrected chi connectivity index (χ3v) is 6.76. The second-order valence-corrected chi connectivity index (χ2v) is 8.90. The smallest absolute Gasteiger partial charge is 0.235 e. The van der Waals surface area contributed by atoms with Gasteiger partial charge in [-0.2, -0.15) is 5.26 Å². The summed E-state index contributed by atoms with van der Waals surface area (Å²) in [4.78, 5) is 20.9. The van der Waals surface area contributed by atoms with Crippen LogP contribution in [0.25, 0.3) is 10.9 Å². The average molecular weight is 447 g/mol. The van der Waals surface area contributed by atoms with Crippen molar-refractivity contribution in [3.05, 3.63) is 71.4 Å². The molecule has 1 aliphatic rings. The standard InChI is InChI=1S/C24H22N4O3S/c1-2-31-23-18(11-25)12-26-20-9-8-16(10-19(20)23)14-32-15-22(30)28-24(32)27-13-21(29)17-6-4-3-5-7-17/h3-10,12,14,21,29H,2,13,15H2,1H3,(H,27,28,30)/t21-,32?/m1/s1. The minimum absolute atomic E-state index is 0.0956. The van der Waals surface area contributed by atoms with Crippen LogP contribution in [0.3, 0.4) is 0 Å². The molecule has 0 saturated carbocycles. The number of nitriles is 1. The lowest BCUT2D eigenvalue weighted by Crippen LogP contribution is -2.21. The third-order valence-electron chi connectivity index (χ3n) is 4.90. The average Bonchev–Trinajstić information content (AvgIpc) is 3.17. The van der Waals surface area contributed by atoms with E-state index in [1.165, 1.54) is 6.20 Å². The Morgan fingerprint density at radius 1 is 1.34 bits per heavy atom. The molecule has 0 spiro atoms. The van der Waals surface area contributed by atoms with Crippen LogP contribution in [0, 0.1) is 11.3 Å². The summed E-state index contributed by atoms with van der Waals surface area (Å²) in [7, 11) is -0.552. The zero-order chi connectivity index (χ0) is 22.5. The van der Waals surface area contributed by atoms with E-state index in [0.29, 0.717) is 28.8 Å². The van der Waals surface area contributed by atoms with Crippen LogP contribution < -0.4 is 10.1 Å². The Morgan fingerprint density at radius 2 is 2.16 bits per heavy atom. The number of rotatable bonds is 6. The van der Waals surface area contributed by atoms with Crippen LogP contribution in [0.2, 0.25) is 0 Å². The number of aliphatic imine (C=N–C) groups is 1. The Bertz CT molecular complexity index is 1270. The van der Waals surface area contributed by atoms with E-state index in [1.54, 1.807) is 0 Å². The van der Waals surface area contributed by atoms with Crippen molar-refractivity contribution in [2.45, 2.75) is 13.0 Å². The van der Waals surface area contributed by atoms with Crippen LogP contribution in [0.4, 0.5) is 0 Å². The van der Waals surface area contributed by atoms with E-state index in [2.05, 4.69) is 21.4 Å². The molecule has 0 radical (unpaired) electrons. The molecular formula is C24H22N4O3S. The van der Waals surface area contributed by atoms with Gasteiger partial charge in [-0.05, 0) is 35.6 Å². The van der Waals surface area contributed by atoms with E-state index in [4.69, 9.17) is 4.74 Å². The predicted molar refractivity (Wildman–Crippen MR) is 127 cm³/mol. The number of ether oxygens (including phenoxy) is 1. The number of carbonyl (C=O) groups excluding carboxylic acids is 1. The van der Waals surface area contributed by atoms with Crippen molar-refractivity contribution in [1.29, 1.82) is 5.26 Å². The van der Waals surface area contributed by atoms with Crippen molar-refractivity contribution in [3.63, 3.8) is 0 Å². The van der Waals surface area contributed by atoms with E-state index < -0.39 is 16.6 Å². The highest BCUT2D eigenvalue weighted by atomic mass is 32.2. The van der Waals surface area contributed by atoms with Gasteiger partial charge in [0.15, 0.2) is 5.17 Å². The summed E-state index contributed by atoms with van der Waals surface area (Å²) in [5.41, 5.74) is 2.78. The molecule has 0 bridgehead atoms. The van der Waals surface area contributed by atoms with Crippen LogP contribution in [-0.4, -0.2) is 45.4 Å². The minimum Gasteiger partial charge on any atom is -0.492 e. The lowest BCUT2D eigenvalue weighted by atomic mass is 10.1. The van der Waals surface area contributed by atoms with Crippen molar-refractivity contribution < 1.29 is 14.6 Å². The summed E-state index contributed by atoms with van der Waals surface area (Å²) in [6.45, 7) is 2.47. The Kier molecular flexibility index (Phi) is 6.59. The van der Waals surface area contributed by atoms with Crippen molar-refractivity contribution in [2.75, 3.05) is 18.9 Å². The van der Waals surface area contributed by atoms with Crippen LogP contribution >= 0.6 is 10.5 Å². The SMILES string of the molecule is CCOc1c(C#N)cnc2ccc(C=S3CC(=O)NC3=NC[C@@H](O)c3ccccc3)cc12. The van der Waals surface area contributed by atoms with Gasteiger partial charge in [-0.15, -0.1) is 10.5 Å². The van der Waals surface area contributed by atoms with Crippen molar-refractivity contribution in [1.82, 2.24) is 10.3 Å². The van der Waals surface area contributed by atoms with E-state index in [-0.39, 0.29) is 12.5 Å². The Morgan fingerprint density at radius 3 is 2.91 bits per heavy atom.